The molecule has 278 valence electrons. The van der Waals surface area contributed by atoms with E-state index in [4.69, 9.17) is 36.6 Å². The van der Waals surface area contributed by atoms with Gasteiger partial charge in [-0.2, -0.15) is 8.42 Å². The Kier molecular flexibility index (Phi) is 16.5. The molecule has 0 fully saturated rings. The molecule has 8 N–H and O–H groups in total. The van der Waals surface area contributed by atoms with Gasteiger partial charge in [0.25, 0.3) is 10.1 Å². The molecule has 0 saturated heterocycles. The van der Waals surface area contributed by atoms with Crippen molar-refractivity contribution in [2.24, 2.45) is 22.3 Å². The molecule has 3 aromatic carbocycles. The van der Waals surface area contributed by atoms with Crippen LogP contribution in [0.1, 0.15) is 63.6 Å². The summed E-state index contributed by atoms with van der Waals surface area (Å²) in [7, 11) is -4.02. The summed E-state index contributed by atoms with van der Waals surface area (Å²) in [4.78, 5) is 29.9. The predicted octanol–water partition coefficient (Wildman–Crippen LogP) is 4.13. The van der Waals surface area contributed by atoms with Crippen LogP contribution in [0.15, 0.2) is 94.9 Å². The smallest absolute Gasteiger partial charge is 0.338 e. The third-order valence-electron chi connectivity index (χ3n) is 7.65. The van der Waals surface area contributed by atoms with Crippen LogP contribution in [0.25, 0.3) is 0 Å². The third kappa shape index (κ3) is 13.3. The average molecular weight is 726 g/mol. The Morgan fingerprint density at radius 1 is 0.804 bits per heavy atom. The van der Waals surface area contributed by atoms with Gasteiger partial charge in [0.2, 0.25) is 17.5 Å². The molecular weight excluding hydrogens is 675 g/mol. The number of benzene rings is 3. The van der Waals surface area contributed by atoms with Crippen molar-refractivity contribution in [3.8, 4) is 0 Å². The molecule has 0 heterocycles. The number of hydrogen-bond donors (Lipinski definition) is 5. The van der Waals surface area contributed by atoms with E-state index in [0.717, 1.165) is 16.7 Å². The van der Waals surface area contributed by atoms with Crippen molar-refractivity contribution in [3.63, 3.8) is 0 Å². The number of esters is 2. The highest BCUT2D eigenvalue weighted by Gasteiger charge is 2.55. The average Bonchev–Trinajstić information content (AvgIpc) is 3.07. The van der Waals surface area contributed by atoms with Gasteiger partial charge >= 0.3 is 11.9 Å². The molecule has 0 amide bonds. The van der Waals surface area contributed by atoms with Crippen LogP contribution in [0.5, 0.6) is 0 Å². The highest BCUT2D eigenvalue weighted by Crippen LogP contribution is 2.32. The summed E-state index contributed by atoms with van der Waals surface area (Å²) in [5.41, 5.74) is 17.4. The van der Waals surface area contributed by atoms with E-state index in [-0.39, 0.29) is 55.1 Å². The Balaban J connectivity index is 0.000000694. The predicted molar refractivity (Wildman–Crippen MR) is 197 cm³/mol. The normalized spacial score (nSPS) is 11.4. The molecule has 3 aromatic rings. The summed E-state index contributed by atoms with van der Waals surface area (Å²) >= 11 is 0. The minimum atomic E-state index is -4.02. The summed E-state index contributed by atoms with van der Waals surface area (Å²) in [6.07, 6.45) is 0.929. The van der Waals surface area contributed by atoms with Gasteiger partial charge in [-0.15, -0.1) is 5.10 Å². The molecule has 51 heavy (non-hydrogen) atoms. The molecule has 15 heteroatoms. The zero-order valence-corrected chi connectivity index (χ0v) is 30.7. The fourth-order valence-electron chi connectivity index (χ4n) is 5.51. The van der Waals surface area contributed by atoms with E-state index < -0.39 is 27.6 Å². The van der Waals surface area contributed by atoms with Crippen molar-refractivity contribution in [1.82, 2.24) is 9.91 Å². The lowest BCUT2D eigenvalue weighted by Gasteiger charge is -2.44. The first kappa shape index (κ1) is 42.2. The van der Waals surface area contributed by atoms with Gasteiger partial charge in [-0.1, -0.05) is 78.4 Å². The fourth-order valence-corrected chi connectivity index (χ4v) is 5.99. The Labute approximate surface area is 300 Å². The van der Waals surface area contributed by atoms with Gasteiger partial charge in [0.15, 0.2) is 0 Å². The number of guanidine groups is 2. The molecule has 0 atom stereocenters. The largest absolute Gasteiger partial charge is 0.459 e. The molecule has 0 aliphatic carbocycles. The maximum atomic E-state index is 14.0. The Morgan fingerprint density at radius 2 is 1.25 bits per heavy atom. The number of rotatable bonds is 16. The summed E-state index contributed by atoms with van der Waals surface area (Å²) in [5, 5.41) is 12.8. The van der Waals surface area contributed by atoms with Gasteiger partial charge in [0.1, 0.15) is 13.2 Å². The highest BCUT2D eigenvalue weighted by atomic mass is 32.2. The maximum Gasteiger partial charge on any atom is 0.338 e. The second-order valence-corrected chi connectivity index (χ2v) is 13.8. The molecule has 14 nitrogen and oxygen atoms in total. The van der Waals surface area contributed by atoms with Gasteiger partial charge in [0, 0.05) is 18.6 Å². The number of unbranched alkanes of at least 4 members (excludes halogenated alkanes) is 1. The number of hydrazone groups is 1. The van der Waals surface area contributed by atoms with Crippen molar-refractivity contribution in [1.29, 1.82) is 5.41 Å². The van der Waals surface area contributed by atoms with E-state index in [0.29, 0.717) is 12.8 Å². The second-order valence-electron chi connectivity index (χ2n) is 12.4. The van der Waals surface area contributed by atoms with Crippen LogP contribution in [0.4, 0.5) is 0 Å². The number of carbonyl (C=O) groups is 2. The first-order chi connectivity index (χ1) is 24.0. The lowest BCUT2D eigenvalue weighted by molar-refractivity contribution is -0.182. The molecule has 0 aliphatic rings. The van der Waals surface area contributed by atoms with E-state index in [1.807, 2.05) is 100 Å². The SMILES string of the molecule is CC(C)N(C(C)C)C(CCCCN(N=C(N)N)C(=N)N)(C(=O)OCc1ccccc1)C(=O)OCc1ccccc1.Cc1ccc(S(=O)(=O)O)cc1. The number of nitrogens with zero attached hydrogens (tertiary/aromatic N) is 3. The number of ether oxygens (including phenoxy) is 2. The molecule has 0 spiro atoms. The standard InChI is InChI=1S/C29H43N7O4.C7H8O3S/c1-21(2)36(22(3)4)29(25(37)39-19-23-13-7-5-8-14-23,26(38)40-20-24-15-9-6-10-16-24)17-11-12-18-35(28(32)33)34-27(30)31;1-6-2-4-7(5-3-6)11(8,9)10/h5-10,13-16,21-22H,11-12,17-20H2,1-4H3,(H3,32,33)(H4,30,31,34);2-5H,1H3,(H,8,9,10). The Bertz CT molecular complexity index is 1620. The number of nitrogens with two attached hydrogens (primary N) is 3. The lowest BCUT2D eigenvalue weighted by atomic mass is 9.87. The Morgan fingerprint density at radius 3 is 1.63 bits per heavy atom. The number of carbonyl (C=O) groups excluding carboxylic acids is 2. The third-order valence-corrected chi connectivity index (χ3v) is 8.51. The van der Waals surface area contributed by atoms with E-state index >= 15 is 0 Å². The van der Waals surface area contributed by atoms with Crippen LogP contribution < -0.4 is 17.2 Å². The fraction of sp³-hybridized carbons (Fsp3) is 0.389. The molecular formula is C36H51N7O7S. The summed E-state index contributed by atoms with van der Waals surface area (Å²) in [6.45, 7) is 9.80. The maximum absolute atomic E-state index is 14.0. The summed E-state index contributed by atoms with van der Waals surface area (Å²) in [5.74, 6) is -1.91. The van der Waals surface area contributed by atoms with Gasteiger partial charge in [-0.3, -0.25) is 14.9 Å². The number of hydrogen-bond acceptors (Lipinski definition) is 9. The first-order valence-corrected chi connectivity index (χ1v) is 17.9. The minimum absolute atomic E-state index is 0.0139. The van der Waals surface area contributed by atoms with Gasteiger partial charge in [-0.25, -0.2) is 14.6 Å². The Hall–Kier alpha value is -4.99. The zero-order chi connectivity index (χ0) is 38.2. The van der Waals surface area contributed by atoms with Crippen LogP contribution in [-0.2, 0) is 42.4 Å². The zero-order valence-electron chi connectivity index (χ0n) is 29.9. The number of nitrogens with one attached hydrogen (secondary N) is 1. The van der Waals surface area contributed by atoms with Crippen LogP contribution in [0.3, 0.4) is 0 Å². The number of aryl methyl sites for hydroxylation is 1. The quantitative estimate of drug-likeness (QED) is 0.0267. The second kappa shape index (κ2) is 20.0. The van der Waals surface area contributed by atoms with Crippen LogP contribution in [0.2, 0.25) is 0 Å². The molecule has 0 radical (unpaired) electrons. The van der Waals surface area contributed by atoms with E-state index in [1.54, 1.807) is 12.1 Å². The van der Waals surface area contributed by atoms with Crippen molar-refractivity contribution in [2.45, 2.75) is 89.6 Å². The topological polar surface area (TPSA) is 228 Å². The van der Waals surface area contributed by atoms with Crippen molar-refractivity contribution < 1.29 is 32.0 Å². The molecule has 3 rings (SSSR count). The molecule has 0 unspecified atom stereocenters. The molecule has 0 bridgehead atoms. The molecule has 0 saturated carbocycles. The first-order valence-electron chi connectivity index (χ1n) is 16.4. The molecule has 0 aliphatic heterocycles. The van der Waals surface area contributed by atoms with Crippen molar-refractivity contribution >= 4 is 34.0 Å². The van der Waals surface area contributed by atoms with E-state index in [2.05, 4.69) is 5.10 Å². The molecule has 0 aromatic heterocycles. The lowest BCUT2D eigenvalue weighted by Crippen LogP contribution is -2.65. The van der Waals surface area contributed by atoms with Gasteiger partial charge < -0.3 is 26.7 Å². The van der Waals surface area contributed by atoms with E-state index in [1.165, 1.54) is 17.1 Å². The monoisotopic (exact) mass is 725 g/mol. The van der Waals surface area contributed by atoms with Crippen LogP contribution in [0, 0.1) is 12.3 Å². The van der Waals surface area contributed by atoms with Crippen molar-refractivity contribution in [3.05, 3.63) is 102 Å². The summed E-state index contributed by atoms with van der Waals surface area (Å²) < 4.78 is 41.2. The van der Waals surface area contributed by atoms with E-state index in [9.17, 15) is 18.0 Å². The summed E-state index contributed by atoms with van der Waals surface area (Å²) in [6, 6.07) is 24.2. The van der Waals surface area contributed by atoms with Gasteiger partial charge in [0.05, 0.1) is 4.90 Å². The van der Waals surface area contributed by atoms with Crippen molar-refractivity contribution in [2.75, 3.05) is 6.54 Å². The van der Waals surface area contributed by atoms with Crippen LogP contribution in [-0.4, -0.2) is 70.9 Å². The minimum Gasteiger partial charge on any atom is -0.459 e. The van der Waals surface area contributed by atoms with Crippen LogP contribution >= 0.6 is 0 Å². The highest BCUT2D eigenvalue weighted by molar-refractivity contribution is 7.85. The van der Waals surface area contributed by atoms with Gasteiger partial charge in [-0.05, 0) is 77.1 Å².